The monoisotopic (exact) mass is 213 g/mol. The lowest BCUT2D eigenvalue weighted by molar-refractivity contribution is 1.08. The average Bonchev–Trinajstić information content (AvgIpc) is 2.40. The summed E-state index contributed by atoms with van der Waals surface area (Å²) >= 11 is 1.82. The molecule has 3 heteroatoms. The number of benzene rings is 1. The lowest BCUT2D eigenvalue weighted by atomic mass is 10.1. The minimum atomic E-state index is 0. The van der Waals surface area contributed by atoms with Crippen LogP contribution in [-0.2, 0) is 6.54 Å². The van der Waals surface area contributed by atoms with Gasteiger partial charge in [0, 0.05) is 16.1 Å². The highest BCUT2D eigenvalue weighted by atomic mass is 35.5. The molecule has 70 valence electrons. The van der Waals surface area contributed by atoms with Crippen molar-refractivity contribution < 1.29 is 0 Å². The van der Waals surface area contributed by atoms with E-state index in [0.717, 1.165) is 0 Å². The van der Waals surface area contributed by atoms with Gasteiger partial charge in [0.05, 0.1) is 0 Å². The molecule has 1 nitrogen and oxygen atoms in total. The molecule has 0 unspecified atom stereocenters. The number of aryl methyl sites for hydroxylation is 1. The molecule has 1 heterocycles. The molecule has 2 rings (SSSR count). The van der Waals surface area contributed by atoms with E-state index in [9.17, 15) is 0 Å². The number of rotatable bonds is 1. The fourth-order valence-corrected chi connectivity index (χ4v) is 2.57. The Morgan fingerprint density at radius 2 is 2.00 bits per heavy atom. The van der Waals surface area contributed by atoms with Crippen LogP contribution < -0.4 is 5.73 Å². The van der Waals surface area contributed by atoms with Crippen LogP contribution in [0.15, 0.2) is 24.3 Å². The second kappa shape index (κ2) is 4.09. The quantitative estimate of drug-likeness (QED) is 0.774. The SMILES string of the molecule is Cc1sc2ccccc2c1CN.Cl. The highest BCUT2D eigenvalue weighted by Crippen LogP contribution is 2.29. The molecule has 0 amide bonds. The van der Waals surface area contributed by atoms with E-state index in [1.165, 1.54) is 20.5 Å². The number of hydrogen-bond donors (Lipinski definition) is 1. The summed E-state index contributed by atoms with van der Waals surface area (Å²) in [7, 11) is 0. The standard InChI is InChI=1S/C10H11NS.ClH/c1-7-9(6-11)8-4-2-3-5-10(8)12-7;/h2-5H,6,11H2,1H3;1H. The first-order valence-corrected chi connectivity index (χ1v) is 4.81. The van der Waals surface area contributed by atoms with Gasteiger partial charge in [0.25, 0.3) is 0 Å². The van der Waals surface area contributed by atoms with Crippen molar-refractivity contribution in [3.8, 4) is 0 Å². The number of thiophene rings is 1. The molecule has 13 heavy (non-hydrogen) atoms. The summed E-state index contributed by atoms with van der Waals surface area (Å²) in [5.74, 6) is 0. The normalized spacial score (nSPS) is 10.0. The van der Waals surface area contributed by atoms with Crippen molar-refractivity contribution >= 4 is 33.8 Å². The highest BCUT2D eigenvalue weighted by Gasteiger charge is 2.05. The van der Waals surface area contributed by atoms with E-state index in [1.807, 2.05) is 11.3 Å². The van der Waals surface area contributed by atoms with Crippen LogP contribution in [-0.4, -0.2) is 0 Å². The third kappa shape index (κ3) is 1.70. The summed E-state index contributed by atoms with van der Waals surface area (Å²) in [6.45, 7) is 2.78. The Morgan fingerprint density at radius 3 is 2.69 bits per heavy atom. The van der Waals surface area contributed by atoms with Gasteiger partial charge in [-0.25, -0.2) is 0 Å². The molecule has 0 saturated heterocycles. The molecule has 0 fully saturated rings. The van der Waals surface area contributed by atoms with Gasteiger partial charge in [-0.05, 0) is 23.9 Å². The fourth-order valence-electron chi connectivity index (χ4n) is 1.47. The maximum atomic E-state index is 5.67. The Kier molecular flexibility index (Phi) is 3.31. The highest BCUT2D eigenvalue weighted by molar-refractivity contribution is 7.19. The summed E-state index contributed by atoms with van der Waals surface area (Å²) < 4.78 is 1.34. The summed E-state index contributed by atoms with van der Waals surface area (Å²) in [5.41, 5.74) is 6.97. The third-order valence-corrected chi connectivity index (χ3v) is 3.23. The summed E-state index contributed by atoms with van der Waals surface area (Å²) in [4.78, 5) is 1.35. The van der Waals surface area contributed by atoms with Crippen molar-refractivity contribution in [2.45, 2.75) is 13.5 Å². The molecule has 2 N–H and O–H groups in total. The van der Waals surface area contributed by atoms with Crippen LogP contribution in [0.3, 0.4) is 0 Å². The predicted octanol–water partition coefficient (Wildman–Crippen LogP) is 3.09. The molecule has 1 aromatic heterocycles. The fraction of sp³-hybridized carbons (Fsp3) is 0.200. The van der Waals surface area contributed by atoms with Gasteiger partial charge in [-0.15, -0.1) is 23.7 Å². The summed E-state index contributed by atoms with van der Waals surface area (Å²) in [6.07, 6.45) is 0. The van der Waals surface area contributed by atoms with Crippen molar-refractivity contribution in [1.29, 1.82) is 0 Å². The zero-order valence-electron chi connectivity index (χ0n) is 7.41. The largest absolute Gasteiger partial charge is 0.326 e. The van der Waals surface area contributed by atoms with E-state index in [4.69, 9.17) is 5.73 Å². The van der Waals surface area contributed by atoms with E-state index >= 15 is 0 Å². The lowest BCUT2D eigenvalue weighted by Crippen LogP contribution is -1.95. The summed E-state index contributed by atoms with van der Waals surface area (Å²) in [6, 6.07) is 8.42. The Morgan fingerprint density at radius 1 is 1.31 bits per heavy atom. The zero-order valence-corrected chi connectivity index (χ0v) is 9.04. The molecule has 0 spiro atoms. The van der Waals surface area contributed by atoms with Gasteiger partial charge in [0.15, 0.2) is 0 Å². The van der Waals surface area contributed by atoms with E-state index < -0.39 is 0 Å². The Balaban J connectivity index is 0.000000845. The molecule has 0 radical (unpaired) electrons. The van der Waals surface area contributed by atoms with E-state index in [2.05, 4.69) is 31.2 Å². The van der Waals surface area contributed by atoms with Crippen molar-refractivity contribution in [3.05, 3.63) is 34.7 Å². The van der Waals surface area contributed by atoms with Crippen molar-refractivity contribution in [3.63, 3.8) is 0 Å². The first kappa shape index (κ1) is 10.5. The van der Waals surface area contributed by atoms with Gasteiger partial charge >= 0.3 is 0 Å². The van der Waals surface area contributed by atoms with Crippen LogP contribution in [0.4, 0.5) is 0 Å². The van der Waals surface area contributed by atoms with E-state index in [-0.39, 0.29) is 12.4 Å². The molecule has 0 aliphatic carbocycles. The first-order chi connectivity index (χ1) is 5.83. The van der Waals surface area contributed by atoms with Gasteiger partial charge < -0.3 is 5.73 Å². The Hall–Kier alpha value is -0.570. The first-order valence-electron chi connectivity index (χ1n) is 4.00. The molecule has 0 bridgehead atoms. The average molecular weight is 214 g/mol. The van der Waals surface area contributed by atoms with E-state index in [0.29, 0.717) is 6.54 Å². The molecule has 0 saturated carbocycles. The smallest absolute Gasteiger partial charge is 0.0348 e. The topological polar surface area (TPSA) is 26.0 Å². The third-order valence-electron chi connectivity index (χ3n) is 2.10. The second-order valence-corrected chi connectivity index (χ2v) is 4.09. The molecule has 0 atom stereocenters. The van der Waals surface area contributed by atoms with Crippen LogP contribution in [0.1, 0.15) is 10.4 Å². The molecular weight excluding hydrogens is 202 g/mol. The van der Waals surface area contributed by atoms with Crippen LogP contribution in [0, 0.1) is 6.92 Å². The van der Waals surface area contributed by atoms with Crippen LogP contribution >= 0.6 is 23.7 Å². The Labute approximate surface area is 88.0 Å². The maximum absolute atomic E-state index is 5.67. The maximum Gasteiger partial charge on any atom is 0.0348 e. The van der Waals surface area contributed by atoms with Gasteiger partial charge in [0.1, 0.15) is 0 Å². The minimum absolute atomic E-state index is 0. The molecule has 0 aliphatic rings. The van der Waals surface area contributed by atoms with Gasteiger partial charge in [0.2, 0.25) is 0 Å². The van der Waals surface area contributed by atoms with Crippen molar-refractivity contribution in [2.24, 2.45) is 5.73 Å². The van der Waals surface area contributed by atoms with Crippen LogP contribution in [0.2, 0.25) is 0 Å². The summed E-state index contributed by atoms with van der Waals surface area (Å²) in [5, 5.41) is 1.32. The number of fused-ring (bicyclic) bond motifs is 1. The second-order valence-electron chi connectivity index (χ2n) is 2.84. The lowest BCUT2D eigenvalue weighted by Gasteiger charge is -1.94. The minimum Gasteiger partial charge on any atom is -0.326 e. The number of halogens is 1. The number of hydrogen-bond acceptors (Lipinski definition) is 2. The van der Waals surface area contributed by atoms with E-state index in [1.54, 1.807) is 0 Å². The molecule has 2 aromatic rings. The van der Waals surface area contributed by atoms with Gasteiger partial charge in [-0.2, -0.15) is 0 Å². The van der Waals surface area contributed by atoms with Crippen molar-refractivity contribution in [2.75, 3.05) is 0 Å². The van der Waals surface area contributed by atoms with Crippen molar-refractivity contribution in [1.82, 2.24) is 0 Å². The predicted molar refractivity (Wildman–Crippen MR) is 61.7 cm³/mol. The van der Waals surface area contributed by atoms with Gasteiger partial charge in [-0.1, -0.05) is 18.2 Å². The zero-order chi connectivity index (χ0) is 8.55. The Bertz CT molecular complexity index is 408. The van der Waals surface area contributed by atoms with Gasteiger partial charge in [-0.3, -0.25) is 0 Å². The molecular formula is C10H12ClNS. The molecule has 0 aliphatic heterocycles. The van der Waals surface area contributed by atoms with Crippen LogP contribution in [0.5, 0.6) is 0 Å². The van der Waals surface area contributed by atoms with Crippen LogP contribution in [0.25, 0.3) is 10.1 Å². The number of nitrogens with two attached hydrogens (primary N) is 1. The molecule has 1 aromatic carbocycles.